The van der Waals surface area contributed by atoms with E-state index in [0.29, 0.717) is 18.1 Å². The van der Waals surface area contributed by atoms with Gasteiger partial charge in [-0.15, -0.1) is 0 Å². The second-order valence-corrected chi connectivity index (χ2v) is 9.35. The quantitative estimate of drug-likeness (QED) is 0.319. The van der Waals surface area contributed by atoms with Crippen molar-refractivity contribution in [2.24, 2.45) is 0 Å². The number of benzene rings is 1. The zero-order chi connectivity index (χ0) is 26.9. The van der Waals surface area contributed by atoms with Gasteiger partial charge < -0.3 is 19.9 Å². The van der Waals surface area contributed by atoms with E-state index < -0.39 is 53.8 Å². The predicted molar refractivity (Wildman–Crippen MR) is 123 cm³/mol. The molecule has 2 amide bonds. The average molecular weight is 549 g/mol. The Morgan fingerprint density at radius 1 is 1.14 bits per heavy atom. The molecule has 0 radical (unpaired) electrons. The van der Waals surface area contributed by atoms with Crippen molar-refractivity contribution in [1.29, 1.82) is 0 Å². The summed E-state index contributed by atoms with van der Waals surface area (Å²) in [5, 5.41) is 13.6. The van der Waals surface area contributed by atoms with Crippen molar-refractivity contribution in [3.63, 3.8) is 0 Å². The molecule has 1 atom stereocenters. The van der Waals surface area contributed by atoms with Crippen LogP contribution in [0.1, 0.15) is 6.42 Å². The summed E-state index contributed by atoms with van der Waals surface area (Å²) >= 11 is 1.01. The number of ether oxygens (including phenoxy) is 1. The fraction of sp³-hybridized carbons (Fsp3) is 0.429. The SMILES string of the molecule is O=C(CC(F)(F)F)NCC1CN(c2cc(F)c(N3CCN(c4ccc([N+](=O)[O-])s4)CC3)c(F)c2)C(=O)O1. The van der Waals surface area contributed by atoms with Gasteiger partial charge in [-0.2, -0.15) is 13.2 Å². The molecular formula is C21H20F5N5O5S. The van der Waals surface area contributed by atoms with Crippen LogP contribution in [0.25, 0.3) is 0 Å². The number of carbonyl (C=O) groups is 2. The number of cyclic esters (lactones) is 1. The summed E-state index contributed by atoms with van der Waals surface area (Å²) < 4.78 is 71.8. The number of anilines is 3. The minimum Gasteiger partial charge on any atom is -0.442 e. The Labute approximate surface area is 210 Å². The number of nitro groups is 1. The lowest BCUT2D eigenvalue weighted by molar-refractivity contribution is -0.380. The van der Waals surface area contributed by atoms with E-state index in [9.17, 15) is 41.7 Å². The van der Waals surface area contributed by atoms with Crippen LogP contribution < -0.4 is 20.0 Å². The molecule has 0 spiro atoms. The van der Waals surface area contributed by atoms with E-state index in [1.807, 2.05) is 10.2 Å². The number of nitrogens with one attached hydrogen (secondary N) is 1. The molecule has 3 heterocycles. The number of rotatable bonds is 7. The van der Waals surface area contributed by atoms with Crippen molar-refractivity contribution < 1.29 is 41.2 Å². The van der Waals surface area contributed by atoms with Crippen LogP contribution in [0.5, 0.6) is 0 Å². The number of halogens is 5. The number of amides is 2. The van der Waals surface area contributed by atoms with Gasteiger partial charge in [-0.3, -0.25) is 19.8 Å². The molecule has 0 saturated carbocycles. The molecule has 2 aliphatic rings. The summed E-state index contributed by atoms with van der Waals surface area (Å²) in [6.07, 6.45) is -8.33. The first-order chi connectivity index (χ1) is 17.4. The second-order valence-electron chi connectivity index (χ2n) is 8.31. The summed E-state index contributed by atoms with van der Waals surface area (Å²) in [5.74, 6) is -3.14. The molecule has 16 heteroatoms. The third kappa shape index (κ3) is 6.18. The first-order valence-corrected chi connectivity index (χ1v) is 11.8. The van der Waals surface area contributed by atoms with Crippen LogP contribution in [0.4, 0.5) is 48.1 Å². The van der Waals surface area contributed by atoms with Crippen LogP contribution in [0.2, 0.25) is 0 Å². The van der Waals surface area contributed by atoms with Crippen molar-refractivity contribution in [3.8, 4) is 0 Å². The van der Waals surface area contributed by atoms with Crippen molar-refractivity contribution in [3.05, 3.63) is 46.0 Å². The third-order valence-electron chi connectivity index (χ3n) is 5.74. The van der Waals surface area contributed by atoms with Gasteiger partial charge >= 0.3 is 17.3 Å². The fourth-order valence-corrected chi connectivity index (χ4v) is 4.93. The topological polar surface area (TPSA) is 108 Å². The minimum absolute atomic E-state index is 0.00327. The molecule has 2 saturated heterocycles. The summed E-state index contributed by atoms with van der Waals surface area (Å²) in [6.45, 7) is 0.610. The largest absolute Gasteiger partial charge is 0.442 e. The molecule has 1 unspecified atom stereocenters. The van der Waals surface area contributed by atoms with Crippen LogP contribution in [-0.2, 0) is 9.53 Å². The summed E-state index contributed by atoms with van der Waals surface area (Å²) in [5.41, 5.74) is -0.429. The molecule has 37 heavy (non-hydrogen) atoms. The Morgan fingerprint density at radius 3 is 2.32 bits per heavy atom. The normalized spacial score (nSPS) is 18.2. The van der Waals surface area contributed by atoms with Crippen molar-refractivity contribution in [2.75, 3.05) is 54.0 Å². The number of hydrogen-bond donors (Lipinski definition) is 1. The van der Waals surface area contributed by atoms with Gasteiger partial charge in [0.1, 0.15) is 18.2 Å². The van der Waals surface area contributed by atoms with Crippen molar-refractivity contribution >= 4 is 44.7 Å². The van der Waals surface area contributed by atoms with E-state index in [-0.39, 0.29) is 36.0 Å². The Bertz CT molecular complexity index is 1180. The standard InChI is InChI=1S/C21H20F5N5O5S/c22-14-7-12(30-11-13(36-20(30)33)10-27-16(32)9-21(24,25)26)8-15(23)19(14)29-5-3-28(4-6-29)17-1-2-18(37-17)31(34)35/h1-2,7-8,13H,3-6,9-11H2,(H,27,32). The zero-order valence-corrected chi connectivity index (χ0v) is 19.8. The molecule has 200 valence electrons. The number of alkyl halides is 3. The second kappa shape index (κ2) is 10.4. The van der Waals surface area contributed by atoms with Gasteiger partial charge in [0.25, 0.3) is 0 Å². The maximum absolute atomic E-state index is 15.0. The highest BCUT2D eigenvalue weighted by Gasteiger charge is 2.36. The van der Waals surface area contributed by atoms with Gasteiger partial charge in [-0.1, -0.05) is 0 Å². The smallest absolute Gasteiger partial charge is 0.414 e. The lowest BCUT2D eigenvalue weighted by Gasteiger charge is -2.36. The first-order valence-electron chi connectivity index (χ1n) is 11.0. The summed E-state index contributed by atoms with van der Waals surface area (Å²) in [4.78, 5) is 38.2. The summed E-state index contributed by atoms with van der Waals surface area (Å²) in [7, 11) is 0. The lowest BCUT2D eigenvalue weighted by atomic mass is 10.2. The number of carbonyl (C=O) groups excluding carboxylic acids is 2. The molecule has 2 aromatic rings. The van der Waals surface area contributed by atoms with Crippen LogP contribution in [0.15, 0.2) is 24.3 Å². The monoisotopic (exact) mass is 549 g/mol. The molecular weight excluding hydrogens is 529 g/mol. The van der Waals surface area contributed by atoms with Crippen LogP contribution >= 0.6 is 11.3 Å². The average Bonchev–Trinajstić information content (AvgIpc) is 3.44. The Kier molecular flexibility index (Phi) is 7.38. The summed E-state index contributed by atoms with van der Waals surface area (Å²) in [6, 6.07) is 4.94. The van der Waals surface area contributed by atoms with E-state index in [0.717, 1.165) is 28.4 Å². The molecule has 0 bridgehead atoms. The number of thiophene rings is 1. The van der Waals surface area contributed by atoms with E-state index >= 15 is 0 Å². The van der Waals surface area contributed by atoms with Crippen molar-refractivity contribution in [2.45, 2.75) is 18.7 Å². The maximum Gasteiger partial charge on any atom is 0.414 e. The maximum atomic E-state index is 15.0. The van der Waals surface area contributed by atoms with E-state index in [2.05, 4.69) is 0 Å². The highest BCUT2D eigenvalue weighted by atomic mass is 32.1. The van der Waals surface area contributed by atoms with Gasteiger partial charge in [-0.25, -0.2) is 13.6 Å². The van der Waals surface area contributed by atoms with E-state index in [1.165, 1.54) is 11.0 Å². The lowest BCUT2D eigenvalue weighted by Crippen LogP contribution is -2.47. The molecule has 2 fully saturated rings. The molecule has 1 aromatic carbocycles. The Hall–Kier alpha value is -3.69. The van der Waals surface area contributed by atoms with Gasteiger partial charge in [0.15, 0.2) is 11.6 Å². The van der Waals surface area contributed by atoms with Crippen LogP contribution in [0, 0.1) is 21.7 Å². The molecule has 4 rings (SSSR count). The van der Waals surface area contributed by atoms with Gasteiger partial charge in [-0.05, 0) is 17.4 Å². The Balaban J connectivity index is 1.37. The van der Waals surface area contributed by atoms with Gasteiger partial charge in [0.2, 0.25) is 5.91 Å². The van der Waals surface area contributed by atoms with Gasteiger partial charge in [0.05, 0.1) is 28.7 Å². The third-order valence-corrected chi connectivity index (χ3v) is 6.84. The Morgan fingerprint density at radius 2 is 1.76 bits per heavy atom. The van der Waals surface area contributed by atoms with Crippen LogP contribution in [0.3, 0.4) is 0 Å². The molecule has 1 N–H and O–H groups in total. The van der Waals surface area contributed by atoms with E-state index in [1.54, 1.807) is 6.07 Å². The molecule has 1 aromatic heterocycles. The van der Waals surface area contributed by atoms with E-state index in [4.69, 9.17) is 4.74 Å². The zero-order valence-electron chi connectivity index (χ0n) is 19.0. The highest BCUT2D eigenvalue weighted by Crippen LogP contribution is 2.34. The van der Waals surface area contributed by atoms with Gasteiger partial charge in [0, 0.05) is 44.4 Å². The minimum atomic E-state index is -4.68. The fourth-order valence-electron chi connectivity index (χ4n) is 4.06. The number of nitrogens with zero attached hydrogens (tertiary/aromatic N) is 4. The number of piperazine rings is 1. The highest BCUT2D eigenvalue weighted by molar-refractivity contribution is 7.19. The molecule has 2 aliphatic heterocycles. The molecule has 0 aliphatic carbocycles. The van der Waals surface area contributed by atoms with Crippen LogP contribution in [-0.4, -0.2) is 68.5 Å². The van der Waals surface area contributed by atoms with Crippen molar-refractivity contribution in [1.82, 2.24) is 5.32 Å². The first kappa shape index (κ1) is 26.4. The predicted octanol–water partition coefficient (Wildman–Crippen LogP) is 3.65. The number of hydrogen-bond acceptors (Lipinski definition) is 8. The molecule has 10 nitrogen and oxygen atoms in total.